The van der Waals surface area contributed by atoms with E-state index >= 15 is 0 Å². The fourth-order valence-electron chi connectivity index (χ4n) is 8.72. The molecule has 0 amide bonds. The largest absolute Gasteiger partial charge is 0.509 e. The van der Waals surface area contributed by atoms with E-state index in [0.717, 1.165) is 78.9 Å². The summed E-state index contributed by atoms with van der Waals surface area (Å²) in [6.45, 7) is 17.7. The number of aryl methyl sites for hydroxylation is 1. The second kappa shape index (κ2) is 17.2. The normalized spacial score (nSPS) is 13.0. The van der Waals surface area contributed by atoms with Crippen molar-refractivity contribution in [2.24, 2.45) is 0 Å². The first-order valence-electron chi connectivity index (χ1n) is 22.1. The molecule has 0 fully saturated rings. The Morgan fingerprint density at radius 1 is 0.567 bits per heavy atom. The van der Waals surface area contributed by atoms with Gasteiger partial charge < -0.3 is 19.1 Å². The van der Waals surface area contributed by atoms with Crippen molar-refractivity contribution in [1.29, 1.82) is 0 Å². The number of ether oxygens (including phenoxy) is 1. The van der Waals surface area contributed by atoms with Crippen LogP contribution in [0.4, 0.5) is 35.9 Å². The number of aromatic nitrogens is 2. The fraction of sp³-hybridized carbons (Fsp3) is 0.172. The zero-order valence-corrected chi connectivity index (χ0v) is 40.5. The molecule has 10 rings (SSSR count). The monoisotopic (exact) mass is 1070 g/mol. The third-order valence-corrected chi connectivity index (χ3v) is 12.4. The third-order valence-electron chi connectivity index (χ3n) is 12.4. The van der Waals surface area contributed by atoms with Gasteiger partial charge in [-0.25, -0.2) is 4.98 Å². The third kappa shape index (κ3) is 8.76. The maximum atomic E-state index is 13.5. The zero-order chi connectivity index (χ0) is 46.1. The van der Waals surface area contributed by atoms with Crippen LogP contribution in [0.25, 0.3) is 49.9 Å². The van der Waals surface area contributed by atoms with Crippen molar-refractivity contribution in [2.75, 3.05) is 9.80 Å². The molecule has 0 saturated carbocycles. The molecule has 3 heterocycles. The van der Waals surface area contributed by atoms with Crippen molar-refractivity contribution in [3.05, 3.63) is 199 Å². The van der Waals surface area contributed by atoms with Crippen LogP contribution in [0.1, 0.15) is 63.8 Å². The molecule has 1 aliphatic rings. The summed E-state index contributed by atoms with van der Waals surface area (Å²) in [4.78, 5) is 9.40. The maximum absolute atomic E-state index is 13.5. The van der Waals surface area contributed by atoms with Gasteiger partial charge in [0.05, 0.1) is 5.56 Å². The van der Waals surface area contributed by atoms with Crippen molar-refractivity contribution in [1.82, 2.24) is 9.55 Å². The topological polar surface area (TPSA) is 33.5 Å². The Kier molecular flexibility index (Phi) is 11.7. The van der Waals surface area contributed by atoms with E-state index in [-0.39, 0.29) is 31.9 Å². The van der Waals surface area contributed by atoms with Crippen LogP contribution in [-0.2, 0) is 38.1 Å². The van der Waals surface area contributed by atoms with E-state index in [2.05, 4.69) is 142 Å². The summed E-state index contributed by atoms with van der Waals surface area (Å²) >= 11 is 0. The van der Waals surface area contributed by atoms with Gasteiger partial charge in [0.1, 0.15) is 5.82 Å². The minimum Gasteiger partial charge on any atom is -0.509 e. The second-order valence-corrected chi connectivity index (χ2v) is 19.1. The van der Waals surface area contributed by atoms with E-state index in [4.69, 9.17) is 9.72 Å². The fourth-order valence-corrected chi connectivity index (χ4v) is 8.72. The number of benzene rings is 7. The van der Waals surface area contributed by atoms with Crippen LogP contribution in [0.15, 0.2) is 158 Å². The Bertz CT molecular complexity index is 3260. The predicted molar refractivity (Wildman–Crippen MR) is 262 cm³/mol. The number of alkyl halides is 3. The number of pyridine rings is 1. The van der Waals surface area contributed by atoms with E-state index in [0.29, 0.717) is 22.9 Å². The Morgan fingerprint density at radius 3 is 1.87 bits per heavy atom. The smallest absolute Gasteiger partial charge is 0.416 e. The van der Waals surface area contributed by atoms with Gasteiger partial charge in [0.25, 0.3) is 0 Å². The Hall–Kier alpha value is -6.63. The molecule has 0 saturated heterocycles. The molecule has 67 heavy (non-hydrogen) atoms. The number of nitrogens with zero attached hydrogens (tertiary/aromatic N) is 4. The Balaban J connectivity index is 0.00000562. The molecule has 1 aliphatic heterocycles. The van der Waals surface area contributed by atoms with E-state index in [1.54, 1.807) is 0 Å². The molecular formula is C58H48F3N4OPt-3. The van der Waals surface area contributed by atoms with E-state index in [1.165, 1.54) is 23.3 Å². The van der Waals surface area contributed by atoms with Crippen LogP contribution in [0.5, 0.6) is 11.5 Å². The second-order valence-electron chi connectivity index (χ2n) is 19.1. The molecule has 0 radical (unpaired) electrons. The number of hydrogen-bond donors (Lipinski definition) is 0. The number of anilines is 4. The van der Waals surface area contributed by atoms with Gasteiger partial charge in [-0.05, 0) is 105 Å². The molecular weight excluding hydrogens is 1020 g/mol. The van der Waals surface area contributed by atoms with Crippen LogP contribution in [0, 0.1) is 25.7 Å². The number of hydrogen-bond acceptors (Lipinski definition) is 4. The van der Waals surface area contributed by atoms with Crippen LogP contribution in [0.3, 0.4) is 0 Å². The van der Waals surface area contributed by atoms with Crippen LogP contribution < -0.4 is 14.5 Å². The molecule has 2 aromatic heterocycles. The molecule has 5 nitrogen and oxygen atoms in total. The van der Waals surface area contributed by atoms with E-state index in [9.17, 15) is 13.2 Å². The van der Waals surface area contributed by atoms with Gasteiger partial charge in [0.2, 0.25) is 0 Å². The van der Waals surface area contributed by atoms with Crippen molar-refractivity contribution >= 4 is 44.6 Å². The molecule has 0 unspecified atom stereocenters. The first-order chi connectivity index (χ1) is 31.5. The predicted octanol–water partition coefficient (Wildman–Crippen LogP) is 16.2. The molecule has 7 aromatic carbocycles. The van der Waals surface area contributed by atoms with Gasteiger partial charge in [-0.1, -0.05) is 120 Å². The summed E-state index contributed by atoms with van der Waals surface area (Å²) < 4.78 is 49.1. The maximum Gasteiger partial charge on any atom is 0.416 e. The molecule has 0 N–H and O–H groups in total. The molecule has 0 spiro atoms. The summed E-state index contributed by atoms with van der Waals surface area (Å²) in [6, 6.07) is 55.7. The summed E-state index contributed by atoms with van der Waals surface area (Å²) in [6.07, 6.45) is -2.52. The van der Waals surface area contributed by atoms with Crippen molar-refractivity contribution in [3.8, 4) is 39.6 Å². The molecule has 9 aromatic rings. The Morgan fingerprint density at radius 2 is 1.21 bits per heavy atom. The SMILES string of the molecule is Cc1cc(-n2c3[c-]c(Oc4[c-]c(N5[CH-]N(c6cc(C(C)(C)C)cc(C(C)(C)C)c6)c6ccccc65)ccc4)ccc3c3cc(-c4ccc(C(F)(F)F)cc4)ccc32)ncc1-c1ccccc1.[Pt]. The van der Waals surface area contributed by atoms with Crippen LogP contribution in [-0.4, -0.2) is 9.55 Å². The van der Waals surface area contributed by atoms with Gasteiger partial charge >= 0.3 is 6.18 Å². The summed E-state index contributed by atoms with van der Waals surface area (Å²) in [7, 11) is 0. The van der Waals surface area contributed by atoms with Crippen molar-refractivity contribution in [2.45, 2.75) is 65.5 Å². The van der Waals surface area contributed by atoms with Crippen LogP contribution in [0.2, 0.25) is 0 Å². The molecule has 0 atom stereocenters. The number of fused-ring (bicyclic) bond motifs is 4. The average molecular weight is 1070 g/mol. The van der Waals surface area contributed by atoms with Crippen molar-refractivity contribution < 1.29 is 39.0 Å². The quantitative estimate of drug-likeness (QED) is 0.149. The van der Waals surface area contributed by atoms with E-state index < -0.39 is 11.7 Å². The van der Waals surface area contributed by atoms with Crippen molar-refractivity contribution in [3.63, 3.8) is 0 Å². The molecule has 9 heteroatoms. The van der Waals surface area contributed by atoms with E-state index in [1.807, 2.05) is 72.9 Å². The summed E-state index contributed by atoms with van der Waals surface area (Å²) in [5, 5.41) is 1.80. The molecule has 0 bridgehead atoms. The van der Waals surface area contributed by atoms with Gasteiger partial charge in [-0.15, -0.1) is 48.1 Å². The standard InChI is InChI=1S/C58H48F3N4O.Pt/c1-37-28-55(62-35-50(37)39-14-9-8-10-15-39)65-51-27-22-40(38-20-23-41(24-21-38)58(59,60)61)29-49(51)48-26-25-47(34-54(48)65)66-46-17-13-16-44(33-46)63-36-64(53-19-12-11-18-52(53)63)45-31-42(56(2,3)4)30-43(32-45)57(5,6)7;/h8-32,35-36H,1-7H3;/q-3;. The molecule has 340 valence electrons. The number of halogens is 3. The minimum absolute atomic E-state index is 0. The summed E-state index contributed by atoms with van der Waals surface area (Å²) in [5.74, 6) is 1.71. The van der Waals surface area contributed by atoms with Gasteiger partial charge in [-0.3, -0.25) is 0 Å². The average Bonchev–Trinajstić information content (AvgIpc) is 3.84. The first kappa shape index (κ1) is 45.5. The first-order valence-corrected chi connectivity index (χ1v) is 22.1. The minimum atomic E-state index is -4.42. The molecule has 0 aliphatic carbocycles. The zero-order valence-electron chi connectivity index (χ0n) is 38.2. The number of rotatable bonds is 7. The summed E-state index contributed by atoms with van der Waals surface area (Å²) in [5.41, 5.74) is 12.0. The van der Waals surface area contributed by atoms with Gasteiger partial charge in [0.15, 0.2) is 0 Å². The number of para-hydroxylation sites is 2. The van der Waals surface area contributed by atoms with Crippen LogP contribution >= 0.6 is 0 Å². The Labute approximate surface area is 404 Å². The van der Waals surface area contributed by atoms with Gasteiger partial charge in [0, 0.05) is 66.9 Å². The van der Waals surface area contributed by atoms with Gasteiger partial charge in [-0.2, -0.15) is 25.3 Å².